The molecular formula is C11H16N4S. The van der Waals surface area contributed by atoms with E-state index in [0.29, 0.717) is 4.64 Å². The predicted octanol–water partition coefficient (Wildman–Crippen LogP) is 2.95. The number of aromatic amines is 1. The Kier molecular flexibility index (Phi) is 8.91. The molecule has 0 aliphatic rings. The Labute approximate surface area is 101 Å². The maximum atomic E-state index is 4.69. The largest absolute Gasteiger partial charge is 0.350 e. The van der Waals surface area contributed by atoms with Crippen molar-refractivity contribution < 1.29 is 0 Å². The lowest BCUT2D eigenvalue weighted by Crippen LogP contribution is -1.80. The highest BCUT2D eigenvalue weighted by Crippen LogP contribution is 1.78. The Hall–Kier alpha value is -1.62. The lowest BCUT2D eigenvalue weighted by atomic mass is 10.6. The second kappa shape index (κ2) is 9.92. The van der Waals surface area contributed by atoms with Gasteiger partial charge >= 0.3 is 0 Å². The van der Waals surface area contributed by atoms with E-state index in [1.54, 1.807) is 37.1 Å². The van der Waals surface area contributed by atoms with Gasteiger partial charge in [0.05, 0.1) is 6.20 Å². The minimum Gasteiger partial charge on any atom is -0.350 e. The maximum absolute atomic E-state index is 4.69. The van der Waals surface area contributed by atoms with E-state index in [9.17, 15) is 0 Å². The van der Waals surface area contributed by atoms with E-state index in [-0.39, 0.29) is 0 Å². The summed E-state index contributed by atoms with van der Waals surface area (Å²) in [5, 5.41) is 0. The number of aryl methyl sites for hydroxylation is 1. The van der Waals surface area contributed by atoms with Gasteiger partial charge < -0.3 is 4.98 Å². The van der Waals surface area contributed by atoms with Crippen molar-refractivity contribution >= 4 is 12.2 Å². The number of hydrogen-bond acceptors (Lipinski definition) is 4. The van der Waals surface area contributed by atoms with Crippen LogP contribution in [0.5, 0.6) is 0 Å². The van der Waals surface area contributed by atoms with Crippen molar-refractivity contribution in [1.29, 1.82) is 0 Å². The van der Waals surface area contributed by atoms with E-state index in [1.165, 1.54) is 0 Å². The third-order valence-electron chi connectivity index (χ3n) is 1.27. The third kappa shape index (κ3) is 7.75. The first kappa shape index (κ1) is 14.4. The number of hydrogen-bond donors (Lipinski definition) is 1. The highest BCUT2D eigenvalue weighted by atomic mass is 32.1. The van der Waals surface area contributed by atoms with E-state index in [0.717, 1.165) is 5.82 Å². The van der Waals surface area contributed by atoms with Gasteiger partial charge in [-0.05, 0) is 13.0 Å². The van der Waals surface area contributed by atoms with Crippen LogP contribution < -0.4 is 0 Å². The van der Waals surface area contributed by atoms with Crippen LogP contribution in [0.15, 0.2) is 37.1 Å². The number of nitrogens with zero attached hydrogens (tertiary/aromatic N) is 3. The fourth-order valence-corrected chi connectivity index (χ4v) is 0.813. The summed E-state index contributed by atoms with van der Waals surface area (Å²) >= 11 is 4.69. The van der Waals surface area contributed by atoms with Gasteiger partial charge in [0.15, 0.2) is 0 Å². The second-order valence-electron chi connectivity index (χ2n) is 2.40. The van der Waals surface area contributed by atoms with Crippen molar-refractivity contribution in [2.75, 3.05) is 0 Å². The fraction of sp³-hybridized carbons (Fsp3) is 0.273. The molecule has 1 N–H and O–H groups in total. The summed E-state index contributed by atoms with van der Waals surface area (Å²) in [5.41, 5.74) is 0. The molecule has 0 aliphatic heterocycles. The molecule has 5 heteroatoms. The van der Waals surface area contributed by atoms with Gasteiger partial charge in [-0.1, -0.05) is 26.1 Å². The summed E-state index contributed by atoms with van der Waals surface area (Å²) in [6.07, 6.45) is 8.39. The van der Waals surface area contributed by atoms with Gasteiger partial charge in [-0.15, -0.1) is 0 Å². The Morgan fingerprint density at radius 1 is 1.12 bits per heavy atom. The van der Waals surface area contributed by atoms with E-state index in [2.05, 4.69) is 19.9 Å². The van der Waals surface area contributed by atoms with Crippen molar-refractivity contribution in [2.45, 2.75) is 20.8 Å². The minimum atomic E-state index is 0.669. The number of aromatic nitrogens is 4. The molecule has 0 spiro atoms. The summed E-state index contributed by atoms with van der Waals surface area (Å²) in [6.45, 7) is 5.86. The lowest BCUT2D eigenvalue weighted by Gasteiger charge is -1.81. The van der Waals surface area contributed by atoms with Crippen molar-refractivity contribution in [1.82, 2.24) is 19.9 Å². The SMILES string of the molecule is CC.Cc1ncccn1.S=c1cncc[nH]1. The van der Waals surface area contributed by atoms with Crippen molar-refractivity contribution in [3.63, 3.8) is 0 Å². The van der Waals surface area contributed by atoms with E-state index in [1.807, 2.05) is 20.8 Å². The molecule has 0 atom stereocenters. The van der Waals surface area contributed by atoms with Crippen LogP contribution in [-0.4, -0.2) is 19.9 Å². The molecule has 0 aromatic carbocycles. The molecule has 86 valence electrons. The smallest absolute Gasteiger partial charge is 0.125 e. The quantitative estimate of drug-likeness (QED) is 0.714. The average Bonchev–Trinajstić information content (AvgIpc) is 2.34. The number of H-pyrrole nitrogens is 1. The fourth-order valence-electron chi connectivity index (χ4n) is 0.684. The van der Waals surface area contributed by atoms with Gasteiger partial charge in [-0.2, -0.15) is 0 Å². The zero-order valence-corrected chi connectivity index (χ0v) is 10.5. The molecule has 2 aromatic rings. The molecule has 0 aliphatic carbocycles. The van der Waals surface area contributed by atoms with Crippen LogP contribution in [0.2, 0.25) is 0 Å². The second-order valence-corrected chi connectivity index (χ2v) is 2.84. The predicted molar refractivity (Wildman–Crippen MR) is 67.5 cm³/mol. The van der Waals surface area contributed by atoms with Crippen molar-refractivity contribution in [3.05, 3.63) is 47.5 Å². The van der Waals surface area contributed by atoms with Crippen LogP contribution in [-0.2, 0) is 0 Å². The maximum Gasteiger partial charge on any atom is 0.125 e. The van der Waals surface area contributed by atoms with Gasteiger partial charge in [0, 0.05) is 24.8 Å². The molecule has 0 radical (unpaired) electrons. The van der Waals surface area contributed by atoms with Crippen molar-refractivity contribution in [3.8, 4) is 0 Å². The Balaban J connectivity index is 0.000000244. The Bertz CT molecular complexity index is 396. The zero-order valence-electron chi connectivity index (χ0n) is 9.71. The molecule has 2 rings (SSSR count). The minimum absolute atomic E-state index is 0.669. The summed E-state index contributed by atoms with van der Waals surface area (Å²) in [7, 11) is 0. The molecule has 2 heterocycles. The molecule has 0 saturated carbocycles. The van der Waals surface area contributed by atoms with Crippen LogP contribution in [0.4, 0.5) is 0 Å². The number of nitrogens with one attached hydrogen (secondary N) is 1. The molecule has 0 unspecified atom stereocenters. The van der Waals surface area contributed by atoms with Crippen LogP contribution in [0, 0.1) is 11.6 Å². The lowest BCUT2D eigenvalue weighted by molar-refractivity contribution is 1.05. The van der Waals surface area contributed by atoms with Gasteiger partial charge in [0.2, 0.25) is 0 Å². The topological polar surface area (TPSA) is 54.5 Å². The molecule has 0 saturated heterocycles. The third-order valence-corrected chi connectivity index (χ3v) is 1.50. The van der Waals surface area contributed by atoms with Crippen LogP contribution in [0.25, 0.3) is 0 Å². The molecule has 0 amide bonds. The molecule has 0 bridgehead atoms. The first-order chi connectivity index (χ1) is 7.79. The summed E-state index contributed by atoms with van der Waals surface area (Å²) in [5.74, 6) is 0.822. The van der Waals surface area contributed by atoms with Gasteiger partial charge in [-0.3, -0.25) is 4.98 Å². The first-order valence-electron chi connectivity index (χ1n) is 5.01. The normalized spacial score (nSPS) is 7.94. The monoisotopic (exact) mass is 236 g/mol. The van der Waals surface area contributed by atoms with E-state index in [4.69, 9.17) is 12.2 Å². The van der Waals surface area contributed by atoms with E-state index >= 15 is 0 Å². The summed E-state index contributed by atoms with van der Waals surface area (Å²) in [6, 6.07) is 1.80. The van der Waals surface area contributed by atoms with Crippen molar-refractivity contribution in [2.24, 2.45) is 0 Å². The van der Waals surface area contributed by atoms with Crippen LogP contribution in [0.3, 0.4) is 0 Å². The average molecular weight is 236 g/mol. The number of rotatable bonds is 0. The van der Waals surface area contributed by atoms with E-state index < -0.39 is 0 Å². The first-order valence-corrected chi connectivity index (χ1v) is 5.42. The highest BCUT2D eigenvalue weighted by molar-refractivity contribution is 7.71. The Morgan fingerprint density at radius 3 is 2.00 bits per heavy atom. The summed E-state index contributed by atoms with van der Waals surface area (Å²) in [4.78, 5) is 14.3. The van der Waals surface area contributed by atoms with Crippen LogP contribution in [0.1, 0.15) is 19.7 Å². The van der Waals surface area contributed by atoms with Gasteiger partial charge in [0.25, 0.3) is 0 Å². The molecular weight excluding hydrogens is 220 g/mol. The molecule has 16 heavy (non-hydrogen) atoms. The van der Waals surface area contributed by atoms with Gasteiger partial charge in [0.1, 0.15) is 10.5 Å². The summed E-state index contributed by atoms with van der Waals surface area (Å²) < 4.78 is 0.669. The van der Waals surface area contributed by atoms with Crippen LogP contribution >= 0.6 is 12.2 Å². The van der Waals surface area contributed by atoms with Gasteiger partial charge in [-0.25, -0.2) is 9.97 Å². The molecule has 4 nitrogen and oxygen atoms in total. The Morgan fingerprint density at radius 2 is 1.75 bits per heavy atom. The zero-order chi connectivity index (χ0) is 12.2. The molecule has 0 fully saturated rings. The standard InChI is InChI=1S/C5H6N2.C4H4N2S.C2H6/c1-5-6-3-2-4-7-5;7-4-3-5-1-2-6-4;1-2/h2-4H,1H3;1-3H,(H,6,7);1-2H3. The highest BCUT2D eigenvalue weighted by Gasteiger charge is 1.74. The molecule has 2 aromatic heterocycles.